The normalized spacial score (nSPS) is 12.3. The van der Waals surface area contributed by atoms with E-state index in [0.29, 0.717) is 6.54 Å². The fourth-order valence-corrected chi connectivity index (χ4v) is 1.49. The van der Waals surface area contributed by atoms with Gasteiger partial charge in [-0.05, 0) is 20.2 Å². The molecule has 0 amide bonds. The van der Waals surface area contributed by atoms with Crippen LogP contribution in [0.5, 0.6) is 0 Å². The van der Waals surface area contributed by atoms with Crippen LogP contribution in [0.1, 0.15) is 6.92 Å². The second kappa shape index (κ2) is 6.08. The number of likely N-dealkylation sites (N-methyl/N-ethyl adjacent to an activating group) is 1. The van der Waals surface area contributed by atoms with E-state index >= 15 is 0 Å². The molecule has 0 radical (unpaired) electrons. The SMILES string of the molecule is CNCC(=O)/C(C)=C(\NC)SC. The van der Waals surface area contributed by atoms with Crippen molar-refractivity contribution in [2.45, 2.75) is 6.92 Å². The maximum Gasteiger partial charge on any atom is 0.174 e. The fraction of sp³-hybridized carbons (Fsp3) is 0.625. The Morgan fingerprint density at radius 1 is 1.42 bits per heavy atom. The maximum absolute atomic E-state index is 11.3. The van der Waals surface area contributed by atoms with Gasteiger partial charge in [0.05, 0.1) is 11.6 Å². The molecule has 3 nitrogen and oxygen atoms in total. The van der Waals surface area contributed by atoms with Gasteiger partial charge < -0.3 is 10.6 Å². The van der Waals surface area contributed by atoms with Gasteiger partial charge >= 0.3 is 0 Å². The fourth-order valence-electron chi connectivity index (χ4n) is 0.862. The van der Waals surface area contributed by atoms with Gasteiger partial charge in [-0.2, -0.15) is 0 Å². The first-order valence-electron chi connectivity index (χ1n) is 3.77. The van der Waals surface area contributed by atoms with E-state index in [1.165, 1.54) is 0 Å². The van der Waals surface area contributed by atoms with Gasteiger partial charge in [0, 0.05) is 12.6 Å². The number of ketones is 1. The summed E-state index contributed by atoms with van der Waals surface area (Å²) in [6.45, 7) is 2.24. The Balaban J connectivity index is 4.39. The maximum atomic E-state index is 11.3. The topological polar surface area (TPSA) is 41.1 Å². The molecule has 0 heterocycles. The van der Waals surface area contributed by atoms with Crippen LogP contribution in [0.15, 0.2) is 10.6 Å². The zero-order valence-electron chi connectivity index (χ0n) is 8.02. The van der Waals surface area contributed by atoms with Crippen molar-refractivity contribution in [3.05, 3.63) is 10.6 Å². The Morgan fingerprint density at radius 2 is 2.00 bits per heavy atom. The molecule has 0 unspecified atom stereocenters. The standard InChI is InChI=1S/C8H16N2OS/c1-6(7(11)5-9-2)8(10-3)12-4/h9-10H,5H2,1-4H3/b8-6+. The Bertz CT molecular complexity index is 183. The lowest BCUT2D eigenvalue weighted by atomic mass is 10.2. The molecule has 0 aliphatic rings. The van der Waals surface area contributed by atoms with Crippen LogP contribution >= 0.6 is 11.8 Å². The lowest BCUT2D eigenvalue weighted by Gasteiger charge is -2.07. The molecule has 0 fully saturated rings. The van der Waals surface area contributed by atoms with Gasteiger partial charge in [-0.3, -0.25) is 4.79 Å². The average Bonchev–Trinajstić information content (AvgIpc) is 2.07. The first kappa shape index (κ1) is 11.5. The molecule has 12 heavy (non-hydrogen) atoms. The Labute approximate surface area is 78.0 Å². The van der Waals surface area contributed by atoms with Gasteiger partial charge in [0.25, 0.3) is 0 Å². The van der Waals surface area contributed by atoms with Crippen LogP contribution in [-0.4, -0.2) is 32.7 Å². The monoisotopic (exact) mass is 188 g/mol. The quantitative estimate of drug-likeness (QED) is 0.620. The van der Waals surface area contributed by atoms with Crippen LogP contribution in [0.4, 0.5) is 0 Å². The summed E-state index contributed by atoms with van der Waals surface area (Å²) in [7, 11) is 3.59. The summed E-state index contributed by atoms with van der Waals surface area (Å²) >= 11 is 1.55. The zero-order valence-corrected chi connectivity index (χ0v) is 8.84. The third-order valence-electron chi connectivity index (χ3n) is 1.53. The first-order valence-corrected chi connectivity index (χ1v) is 5.00. The number of hydrogen-bond acceptors (Lipinski definition) is 4. The summed E-state index contributed by atoms with van der Waals surface area (Å²) in [5, 5.41) is 6.76. The number of carbonyl (C=O) groups is 1. The molecule has 4 heteroatoms. The summed E-state index contributed by atoms with van der Waals surface area (Å²) < 4.78 is 0. The molecule has 0 bridgehead atoms. The summed E-state index contributed by atoms with van der Waals surface area (Å²) in [4.78, 5) is 11.3. The van der Waals surface area contributed by atoms with Crippen molar-refractivity contribution in [2.24, 2.45) is 0 Å². The van der Waals surface area contributed by atoms with E-state index < -0.39 is 0 Å². The average molecular weight is 188 g/mol. The number of thioether (sulfide) groups is 1. The molecule has 0 aromatic rings. The van der Waals surface area contributed by atoms with E-state index in [1.54, 1.807) is 18.8 Å². The van der Waals surface area contributed by atoms with Gasteiger partial charge in [-0.15, -0.1) is 11.8 Å². The summed E-state index contributed by atoms with van der Waals surface area (Å²) in [6, 6.07) is 0. The number of hydrogen-bond donors (Lipinski definition) is 2. The predicted octanol–water partition coefficient (Wildman–Crippen LogP) is 0.589. The number of carbonyl (C=O) groups excluding carboxylic acids is 1. The molecule has 0 atom stereocenters. The highest BCUT2D eigenvalue weighted by Crippen LogP contribution is 2.12. The molecule has 0 aliphatic carbocycles. The van der Waals surface area contributed by atoms with Gasteiger partial charge in [-0.1, -0.05) is 0 Å². The Morgan fingerprint density at radius 3 is 2.33 bits per heavy atom. The Hall–Kier alpha value is -0.480. The minimum Gasteiger partial charge on any atom is -0.383 e. The van der Waals surface area contributed by atoms with Crippen molar-refractivity contribution in [1.29, 1.82) is 0 Å². The van der Waals surface area contributed by atoms with Crippen molar-refractivity contribution in [2.75, 3.05) is 26.9 Å². The van der Waals surface area contributed by atoms with Crippen LogP contribution in [0.25, 0.3) is 0 Å². The van der Waals surface area contributed by atoms with Crippen molar-refractivity contribution >= 4 is 17.5 Å². The molecule has 70 valence electrons. The Kier molecular flexibility index (Phi) is 5.84. The summed E-state index contributed by atoms with van der Waals surface area (Å²) in [6.07, 6.45) is 1.95. The van der Waals surface area contributed by atoms with Crippen molar-refractivity contribution in [1.82, 2.24) is 10.6 Å². The van der Waals surface area contributed by atoms with E-state index in [0.717, 1.165) is 10.6 Å². The smallest absolute Gasteiger partial charge is 0.174 e. The van der Waals surface area contributed by atoms with Crippen LogP contribution in [-0.2, 0) is 4.79 Å². The molecule has 0 saturated carbocycles. The van der Waals surface area contributed by atoms with E-state index in [9.17, 15) is 4.79 Å². The first-order chi connectivity index (χ1) is 5.67. The molecule has 0 saturated heterocycles. The lowest BCUT2D eigenvalue weighted by Crippen LogP contribution is -2.21. The molecular weight excluding hydrogens is 172 g/mol. The van der Waals surface area contributed by atoms with Crippen molar-refractivity contribution < 1.29 is 4.79 Å². The van der Waals surface area contributed by atoms with Crippen LogP contribution < -0.4 is 10.6 Å². The highest BCUT2D eigenvalue weighted by molar-refractivity contribution is 8.02. The van der Waals surface area contributed by atoms with Gasteiger partial charge in [0.2, 0.25) is 0 Å². The molecule has 0 aliphatic heterocycles. The van der Waals surface area contributed by atoms with Gasteiger partial charge in [-0.25, -0.2) is 0 Å². The highest BCUT2D eigenvalue weighted by Gasteiger charge is 2.07. The van der Waals surface area contributed by atoms with Gasteiger partial charge in [0.1, 0.15) is 0 Å². The second-order valence-corrected chi connectivity index (χ2v) is 3.18. The molecular formula is C8H16N2OS. The van der Waals surface area contributed by atoms with Crippen molar-refractivity contribution in [3.63, 3.8) is 0 Å². The van der Waals surface area contributed by atoms with Crippen LogP contribution in [0.2, 0.25) is 0 Å². The zero-order chi connectivity index (χ0) is 9.56. The minimum atomic E-state index is 0.135. The van der Waals surface area contributed by atoms with Crippen LogP contribution in [0.3, 0.4) is 0 Å². The summed E-state index contributed by atoms with van der Waals surface area (Å²) in [5.74, 6) is 0.135. The number of Topliss-reactive ketones (excluding diaryl/α,β-unsaturated/α-hetero) is 1. The predicted molar refractivity (Wildman–Crippen MR) is 54.2 cm³/mol. The lowest BCUT2D eigenvalue weighted by molar-refractivity contribution is -0.114. The molecule has 0 aromatic heterocycles. The number of rotatable bonds is 5. The van der Waals surface area contributed by atoms with E-state index in [1.807, 2.05) is 20.2 Å². The molecule has 0 rings (SSSR count). The highest BCUT2D eigenvalue weighted by atomic mass is 32.2. The van der Waals surface area contributed by atoms with E-state index in [-0.39, 0.29) is 5.78 Å². The second-order valence-electron chi connectivity index (χ2n) is 2.36. The van der Waals surface area contributed by atoms with E-state index in [2.05, 4.69) is 10.6 Å². The van der Waals surface area contributed by atoms with E-state index in [4.69, 9.17) is 0 Å². The van der Waals surface area contributed by atoms with Crippen LogP contribution in [0, 0.1) is 0 Å². The van der Waals surface area contributed by atoms with Crippen molar-refractivity contribution in [3.8, 4) is 0 Å². The van der Waals surface area contributed by atoms with Gasteiger partial charge in [0.15, 0.2) is 5.78 Å². The molecule has 0 spiro atoms. The molecule has 2 N–H and O–H groups in total. The third kappa shape index (κ3) is 3.28. The summed E-state index contributed by atoms with van der Waals surface area (Å²) in [5.41, 5.74) is 0.791. The number of nitrogens with one attached hydrogen (secondary N) is 2. The third-order valence-corrected chi connectivity index (χ3v) is 2.45. The largest absolute Gasteiger partial charge is 0.383 e. The minimum absolute atomic E-state index is 0.135. The molecule has 0 aromatic carbocycles.